The Morgan fingerprint density at radius 3 is 2.65 bits per heavy atom. The number of benzene rings is 1. The van der Waals surface area contributed by atoms with E-state index < -0.39 is 0 Å². The molecule has 1 aromatic carbocycles. The van der Waals surface area contributed by atoms with Crippen LogP contribution in [0, 0.1) is 16.7 Å². The third kappa shape index (κ3) is 2.37. The van der Waals surface area contributed by atoms with Gasteiger partial charge >= 0.3 is 0 Å². The Hall–Kier alpha value is -2.10. The average Bonchev–Trinajstić information content (AvgIpc) is 2.87. The molecule has 0 atom stereocenters. The molecule has 0 aliphatic rings. The lowest BCUT2D eigenvalue weighted by atomic mass is 10.1. The predicted octanol–water partition coefficient (Wildman–Crippen LogP) is 3.60. The second-order valence-corrected chi connectivity index (χ2v) is 7.55. The highest BCUT2D eigenvalue weighted by Gasteiger charge is 2.16. The van der Waals surface area contributed by atoms with Gasteiger partial charge in [0.15, 0.2) is 9.60 Å². The number of hydrogen-bond donors (Lipinski definition) is 0. The largest absolute Gasteiger partial charge is 0.285 e. The molecule has 4 aromatic rings. The van der Waals surface area contributed by atoms with E-state index in [9.17, 15) is 9.18 Å². The summed E-state index contributed by atoms with van der Waals surface area (Å²) in [6.07, 6.45) is 0. The molecule has 0 bridgehead atoms. The van der Waals surface area contributed by atoms with Crippen LogP contribution in [0.1, 0.15) is 5.01 Å². The van der Waals surface area contributed by atoms with Crippen molar-refractivity contribution < 1.29 is 4.39 Å². The minimum Gasteiger partial charge on any atom is -0.266 e. The summed E-state index contributed by atoms with van der Waals surface area (Å²) in [6, 6.07) is 5.90. The zero-order valence-corrected chi connectivity index (χ0v) is 14.1. The van der Waals surface area contributed by atoms with E-state index in [0.717, 1.165) is 5.01 Å². The fraction of sp³-hybridized carbons (Fsp3) is 0.0714. The molecule has 4 rings (SSSR count). The maximum Gasteiger partial charge on any atom is 0.285 e. The number of fused-ring (bicyclic) bond motifs is 3. The van der Waals surface area contributed by atoms with Gasteiger partial charge in [0.05, 0.1) is 4.88 Å². The predicted molar refractivity (Wildman–Crippen MR) is 91.3 cm³/mol. The quantitative estimate of drug-likeness (QED) is 0.484. The van der Waals surface area contributed by atoms with Crippen molar-refractivity contribution in [3.05, 3.63) is 49.4 Å². The fourth-order valence-electron chi connectivity index (χ4n) is 2.29. The maximum atomic E-state index is 13.2. The number of halogens is 1. The van der Waals surface area contributed by atoms with Gasteiger partial charge in [-0.05, 0) is 36.8 Å². The lowest BCUT2D eigenvalue weighted by Gasteiger charge is -2.05. The van der Waals surface area contributed by atoms with Gasteiger partial charge in [0, 0.05) is 0 Å². The third-order valence-electron chi connectivity index (χ3n) is 3.22. The van der Waals surface area contributed by atoms with Crippen LogP contribution in [0.5, 0.6) is 0 Å². The molecule has 0 aliphatic heterocycles. The lowest BCUT2D eigenvalue weighted by molar-refractivity contribution is 0.628. The van der Waals surface area contributed by atoms with Gasteiger partial charge in [-0.3, -0.25) is 4.79 Å². The molecular weight excluding hydrogens is 355 g/mol. The third-order valence-corrected chi connectivity index (χ3v) is 5.29. The second kappa shape index (κ2) is 5.22. The second-order valence-electron chi connectivity index (χ2n) is 4.75. The highest BCUT2D eigenvalue weighted by molar-refractivity contribution is 7.73. The highest BCUT2D eigenvalue weighted by atomic mass is 32.1. The minimum absolute atomic E-state index is 0.344. The smallest absolute Gasteiger partial charge is 0.266 e. The first kappa shape index (κ1) is 14.5. The average molecular weight is 362 g/mol. The topological polar surface area (TPSA) is 60.2 Å². The van der Waals surface area contributed by atoms with Gasteiger partial charge < -0.3 is 0 Å². The van der Waals surface area contributed by atoms with Crippen LogP contribution in [0.15, 0.2) is 29.1 Å². The summed E-state index contributed by atoms with van der Waals surface area (Å²) in [6.45, 7) is 1.83. The Morgan fingerprint density at radius 2 is 1.91 bits per heavy atom. The summed E-state index contributed by atoms with van der Waals surface area (Å²) in [5.74, 6) is -0.344. The van der Waals surface area contributed by atoms with E-state index in [2.05, 4.69) is 15.1 Å². The zero-order valence-electron chi connectivity index (χ0n) is 11.6. The molecule has 0 saturated carbocycles. The number of rotatable bonds is 1. The van der Waals surface area contributed by atoms with E-state index in [0.29, 0.717) is 30.4 Å². The Morgan fingerprint density at radius 1 is 1.17 bits per heavy atom. The number of nitrogens with zero attached hydrogens (tertiary/aromatic N) is 4. The van der Waals surface area contributed by atoms with E-state index in [-0.39, 0.29) is 11.4 Å². The zero-order chi connectivity index (χ0) is 16.1. The molecule has 0 radical (unpaired) electrons. The summed E-state index contributed by atoms with van der Waals surface area (Å²) in [5, 5.41) is 5.46. The lowest BCUT2D eigenvalue weighted by Crippen LogP contribution is -2.11. The van der Waals surface area contributed by atoms with Crippen LogP contribution < -0.4 is 5.56 Å². The van der Waals surface area contributed by atoms with Crippen molar-refractivity contribution in [3.63, 3.8) is 0 Å². The first-order valence-corrected chi connectivity index (χ1v) is 8.54. The van der Waals surface area contributed by atoms with Crippen molar-refractivity contribution in [1.29, 1.82) is 0 Å². The maximum absolute atomic E-state index is 13.2. The summed E-state index contributed by atoms with van der Waals surface area (Å²) < 4.78 is 15.1. The van der Waals surface area contributed by atoms with Gasteiger partial charge in [-0.15, -0.1) is 11.3 Å². The van der Waals surface area contributed by atoms with Gasteiger partial charge in [0.2, 0.25) is 4.96 Å². The molecule has 0 N–H and O–H groups in total. The van der Waals surface area contributed by atoms with Crippen molar-refractivity contribution in [3.8, 4) is 10.4 Å². The van der Waals surface area contributed by atoms with Gasteiger partial charge in [0.25, 0.3) is 5.56 Å². The van der Waals surface area contributed by atoms with Crippen molar-refractivity contribution >= 4 is 50.9 Å². The van der Waals surface area contributed by atoms with Crippen LogP contribution in [0.2, 0.25) is 0 Å². The monoisotopic (exact) mass is 362 g/mol. The fourth-order valence-corrected chi connectivity index (χ4v) is 4.19. The molecule has 0 unspecified atom stereocenters. The minimum atomic E-state index is -0.387. The number of aryl methyl sites for hydroxylation is 1. The molecule has 0 amide bonds. The van der Waals surface area contributed by atoms with Crippen LogP contribution in [0.25, 0.3) is 26.4 Å². The molecule has 114 valence electrons. The molecule has 3 heterocycles. The first-order chi connectivity index (χ1) is 11.0. The van der Waals surface area contributed by atoms with Gasteiger partial charge in [0.1, 0.15) is 16.2 Å². The molecule has 9 heteroatoms. The normalized spacial score (nSPS) is 11.4. The van der Waals surface area contributed by atoms with E-state index in [4.69, 9.17) is 12.2 Å². The van der Waals surface area contributed by atoms with Crippen molar-refractivity contribution in [2.24, 2.45) is 0 Å². The van der Waals surface area contributed by atoms with Crippen LogP contribution in [0.3, 0.4) is 0 Å². The molecule has 0 aliphatic carbocycles. The van der Waals surface area contributed by atoms with Crippen LogP contribution >= 0.6 is 34.9 Å². The molecule has 23 heavy (non-hydrogen) atoms. The molecule has 3 aromatic heterocycles. The van der Waals surface area contributed by atoms with Crippen molar-refractivity contribution in [2.45, 2.75) is 6.92 Å². The highest BCUT2D eigenvalue weighted by Crippen LogP contribution is 2.30. The van der Waals surface area contributed by atoms with E-state index in [1.807, 2.05) is 6.92 Å². The molecule has 0 fully saturated rings. The molecular formula is C14H7FN4OS3. The number of hydrogen-bond acceptors (Lipinski definition) is 7. The Balaban J connectivity index is 2.20. The summed E-state index contributed by atoms with van der Waals surface area (Å²) >= 11 is 7.75. The van der Waals surface area contributed by atoms with Crippen molar-refractivity contribution in [2.75, 3.05) is 0 Å². The summed E-state index contributed by atoms with van der Waals surface area (Å²) in [7, 11) is 0. The molecule has 0 spiro atoms. The SMILES string of the molecule is Cc1nn2c(nc(=O)c3c(-c4ccc(F)cc4)sc(=S)nc32)s1. The van der Waals surface area contributed by atoms with Gasteiger partial charge in [-0.1, -0.05) is 23.5 Å². The van der Waals surface area contributed by atoms with Crippen LogP contribution in [-0.2, 0) is 0 Å². The van der Waals surface area contributed by atoms with E-state index in [1.54, 1.807) is 12.1 Å². The van der Waals surface area contributed by atoms with Crippen LogP contribution in [-0.4, -0.2) is 19.6 Å². The number of aromatic nitrogens is 4. The van der Waals surface area contributed by atoms with E-state index in [1.165, 1.54) is 39.3 Å². The first-order valence-electron chi connectivity index (χ1n) is 6.50. The molecule has 0 saturated heterocycles. The Kier molecular flexibility index (Phi) is 3.29. The molecule has 5 nitrogen and oxygen atoms in total. The van der Waals surface area contributed by atoms with Gasteiger partial charge in [-0.25, -0.2) is 9.37 Å². The standard InChI is InChI=1S/C14H7FN4OS3/c1-6-18-19-11-9(12(20)17-13(19)22-6)10(23-14(21)16-11)7-2-4-8(15)5-3-7/h2-5H,1H3. The van der Waals surface area contributed by atoms with Crippen LogP contribution in [0.4, 0.5) is 4.39 Å². The Labute approximate surface area is 141 Å². The van der Waals surface area contributed by atoms with E-state index >= 15 is 0 Å². The van der Waals surface area contributed by atoms with Gasteiger partial charge in [-0.2, -0.15) is 14.6 Å². The summed E-state index contributed by atoms with van der Waals surface area (Å²) in [5.41, 5.74) is 0.690. The van der Waals surface area contributed by atoms with Crippen molar-refractivity contribution in [1.82, 2.24) is 19.6 Å². The Bertz CT molecular complexity index is 1180. The summed E-state index contributed by atoms with van der Waals surface area (Å²) in [4.78, 5) is 22.0.